The molecule has 3 atom stereocenters. The molecule has 0 radical (unpaired) electrons. The van der Waals surface area contributed by atoms with Crippen LogP contribution in [0.1, 0.15) is 32.1 Å². The summed E-state index contributed by atoms with van der Waals surface area (Å²) in [4.78, 5) is 11.8. The normalized spacial score (nSPS) is 34.9. The van der Waals surface area contributed by atoms with E-state index in [1.54, 1.807) is 0 Å². The van der Waals surface area contributed by atoms with Crippen molar-refractivity contribution in [3.63, 3.8) is 0 Å². The third-order valence-corrected chi connectivity index (χ3v) is 4.78. The van der Waals surface area contributed by atoms with Crippen LogP contribution in [0.5, 0.6) is 0 Å². The average Bonchev–Trinajstić information content (AvgIpc) is 2.79. The van der Waals surface area contributed by atoms with Crippen LogP contribution in [0.4, 0.5) is 0 Å². The van der Waals surface area contributed by atoms with Crippen molar-refractivity contribution in [1.29, 1.82) is 0 Å². The van der Waals surface area contributed by atoms with Gasteiger partial charge in [0.05, 0.1) is 6.10 Å². The second-order valence-corrected chi connectivity index (χ2v) is 6.14. The predicted molar refractivity (Wildman–Crippen MR) is 66.4 cm³/mol. The summed E-state index contributed by atoms with van der Waals surface area (Å²) in [6.07, 6.45) is 4.93. The fraction of sp³-hybridized carbons (Fsp3) is 0.917. The second-order valence-electron chi connectivity index (χ2n) is 4.99. The molecule has 2 N–H and O–H groups in total. The summed E-state index contributed by atoms with van der Waals surface area (Å²) >= 11 is 1.87. The fourth-order valence-corrected chi connectivity index (χ4v) is 3.80. The molecule has 1 heterocycles. The summed E-state index contributed by atoms with van der Waals surface area (Å²) < 4.78 is 0. The fourth-order valence-electron chi connectivity index (χ4n) is 2.58. The van der Waals surface area contributed by atoms with Gasteiger partial charge in [-0.05, 0) is 37.4 Å². The van der Waals surface area contributed by atoms with Crippen molar-refractivity contribution in [2.24, 2.45) is 11.8 Å². The highest BCUT2D eigenvalue weighted by atomic mass is 32.2. The zero-order valence-electron chi connectivity index (χ0n) is 9.65. The largest absolute Gasteiger partial charge is 0.393 e. The predicted octanol–water partition coefficient (Wildman–Crippen LogP) is 1.41. The summed E-state index contributed by atoms with van der Waals surface area (Å²) in [5.74, 6) is 3.06. The number of aliphatic hydroxyl groups is 1. The van der Waals surface area contributed by atoms with Gasteiger partial charge in [0.25, 0.3) is 0 Å². The third-order valence-electron chi connectivity index (χ3n) is 3.62. The van der Waals surface area contributed by atoms with Gasteiger partial charge >= 0.3 is 0 Å². The van der Waals surface area contributed by atoms with Crippen molar-refractivity contribution < 1.29 is 9.90 Å². The van der Waals surface area contributed by atoms with E-state index < -0.39 is 0 Å². The number of nitrogens with one attached hydrogen (secondary N) is 1. The Hall–Kier alpha value is -0.220. The molecule has 3 nitrogen and oxygen atoms in total. The molecule has 1 aliphatic heterocycles. The van der Waals surface area contributed by atoms with E-state index in [2.05, 4.69) is 5.32 Å². The summed E-state index contributed by atoms with van der Waals surface area (Å²) in [6.45, 7) is 0.761. The molecule has 92 valence electrons. The van der Waals surface area contributed by atoms with Crippen LogP contribution in [-0.2, 0) is 4.79 Å². The van der Waals surface area contributed by atoms with Gasteiger partial charge in [-0.25, -0.2) is 0 Å². The van der Waals surface area contributed by atoms with E-state index >= 15 is 0 Å². The van der Waals surface area contributed by atoms with Gasteiger partial charge in [0.1, 0.15) is 0 Å². The first kappa shape index (κ1) is 12.2. The molecule has 1 saturated carbocycles. The van der Waals surface area contributed by atoms with Gasteiger partial charge in [0.15, 0.2) is 0 Å². The molecule has 16 heavy (non-hydrogen) atoms. The molecule has 2 aliphatic rings. The summed E-state index contributed by atoms with van der Waals surface area (Å²) in [5.41, 5.74) is 0. The van der Waals surface area contributed by atoms with E-state index in [4.69, 9.17) is 0 Å². The van der Waals surface area contributed by atoms with Crippen LogP contribution in [0.3, 0.4) is 0 Å². The lowest BCUT2D eigenvalue weighted by Crippen LogP contribution is -2.36. The lowest BCUT2D eigenvalue weighted by Gasteiger charge is -2.26. The van der Waals surface area contributed by atoms with E-state index in [9.17, 15) is 9.90 Å². The van der Waals surface area contributed by atoms with Gasteiger partial charge in [0.2, 0.25) is 5.91 Å². The lowest BCUT2D eigenvalue weighted by molar-refractivity contribution is -0.124. The monoisotopic (exact) mass is 243 g/mol. The van der Waals surface area contributed by atoms with E-state index in [0.717, 1.165) is 50.2 Å². The highest BCUT2D eigenvalue weighted by Gasteiger charge is 2.25. The first-order chi connectivity index (χ1) is 7.75. The number of hydrogen-bond donors (Lipinski definition) is 2. The first-order valence-corrected chi connectivity index (χ1v) is 7.44. The smallest absolute Gasteiger partial charge is 0.223 e. The molecule has 1 aliphatic carbocycles. The van der Waals surface area contributed by atoms with Gasteiger partial charge < -0.3 is 10.4 Å². The van der Waals surface area contributed by atoms with Crippen LogP contribution in [0.25, 0.3) is 0 Å². The molecule has 3 unspecified atom stereocenters. The average molecular weight is 243 g/mol. The minimum absolute atomic E-state index is 0.141. The summed E-state index contributed by atoms with van der Waals surface area (Å²) in [5, 5.41) is 12.6. The highest BCUT2D eigenvalue weighted by Crippen LogP contribution is 2.25. The van der Waals surface area contributed by atoms with Crippen LogP contribution in [-0.4, -0.2) is 35.2 Å². The molecule has 4 heteroatoms. The van der Waals surface area contributed by atoms with E-state index in [0.29, 0.717) is 5.92 Å². The second kappa shape index (κ2) is 5.92. The molecule has 2 fully saturated rings. The topological polar surface area (TPSA) is 49.3 Å². The molecule has 0 bridgehead atoms. The van der Waals surface area contributed by atoms with Gasteiger partial charge in [-0.15, -0.1) is 0 Å². The molecular formula is C12H21NO2S. The molecule has 2 rings (SSSR count). The quantitative estimate of drug-likeness (QED) is 0.788. The van der Waals surface area contributed by atoms with Crippen LogP contribution < -0.4 is 5.32 Å². The Morgan fingerprint density at radius 2 is 2.25 bits per heavy atom. The number of thioether (sulfide) groups is 1. The van der Waals surface area contributed by atoms with Crippen molar-refractivity contribution in [2.75, 3.05) is 18.1 Å². The molecule has 0 aromatic heterocycles. The summed E-state index contributed by atoms with van der Waals surface area (Å²) in [7, 11) is 0. The SMILES string of the molecule is O=C(NCC1CCCC(O)C1)C1CCSC1. The van der Waals surface area contributed by atoms with Crippen molar-refractivity contribution in [2.45, 2.75) is 38.2 Å². The molecule has 0 spiro atoms. The lowest BCUT2D eigenvalue weighted by atomic mass is 9.87. The number of carbonyl (C=O) groups excluding carboxylic acids is 1. The Bertz CT molecular complexity index is 241. The number of amides is 1. The van der Waals surface area contributed by atoms with Crippen LogP contribution in [0, 0.1) is 11.8 Å². The van der Waals surface area contributed by atoms with Gasteiger partial charge in [-0.3, -0.25) is 4.79 Å². The molecular weight excluding hydrogens is 222 g/mol. The molecule has 0 aromatic rings. The Balaban J connectivity index is 1.67. The van der Waals surface area contributed by atoms with Crippen molar-refractivity contribution in [1.82, 2.24) is 5.32 Å². The molecule has 1 saturated heterocycles. The first-order valence-electron chi connectivity index (χ1n) is 6.29. The zero-order valence-corrected chi connectivity index (χ0v) is 10.5. The van der Waals surface area contributed by atoms with E-state index in [1.807, 2.05) is 11.8 Å². The maximum Gasteiger partial charge on any atom is 0.223 e. The van der Waals surface area contributed by atoms with Crippen LogP contribution in [0.2, 0.25) is 0 Å². The van der Waals surface area contributed by atoms with E-state index in [1.165, 1.54) is 0 Å². The number of hydrogen-bond acceptors (Lipinski definition) is 3. The van der Waals surface area contributed by atoms with Gasteiger partial charge in [0, 0.05) is 18.2 Å². The third kappa shape index (κ3) is 3.39. The van der Waals surface area contributed by atoms with E-state index in [-0.39, 0.29) is 17.9 Å². The number of aliphatic hydroxyl groups excluding tert-OH is 1. The zero-order chi connectivity index (χ0) is 11.4. The van der Waals surface area contributed by atoms with Gasteiger partial charge in [-0.2, -0.15) is 11.8 Å². The maximum atomic E-state index is 11.8. The Labute approximate surface area is 101 Å². The Kier molecular flexibility index (Phi) is 4.53. The van der Waals surface area contributed by atoms with Crippen LogP contribution >= 0.6 is 11.8 Å². The van der Waals surface area contributed by atoms with Crippen molar-refractivity contribution >= 4 is 17.7 Å². The standard InChI is InChI=1S/C12H21NO2S/c14-11-3-1-2-9(6-11)7-13-12(15)10-4-5-16-8-10/h9-11,14H,1-8H2,(H,13,15). The number of rotatable bonds is 3. The number of carbonyl (C=O) groups is 1. The van der Waals surface area contributed by atoms with Crippen molar-refractivity contribution in [3.05, 3.63) is 0 Å². The highest BCUT2D eigenvalue weighted by molar-refractivity contribution is 7.99. The molecule has 0 aromatic carbocycles. The minimum atomic E-state index is -0.141. The van der Waals surface area contributed by atoms with Crippen LogP contribution in [0.15, 0.2) is 0 Å². The summed E-state index contributed by atoms with van der Waals surface area (Å²) in [6, 6.07) is 0. The molecule has 1 amide bonds. The van der Waals surface area contributed by atoms with Crippen molar-refractivity contribution in [3.8, 4) is 0 Å². The Morgan fingerprint density at radius 3 is 2.94 bits per heavy atom. The Morgan fingerprint density at radius 1 is 1.38 bits per heavy atom. The maximum absolute atomic E-state index is 11.8. The minimum Gasteiger partial charge on any atom is -0.393 e. The van der Waals surface area contributed by atoms with Gasteiger partial charge in [-0.1, -0.05) is 6.42 Å².